The van der Waals surface area contributed by atoms with Gasteiger partial charge in [0.1, 0.15) is 6.07 Å². The molecule has 0 aliphatic heterocycles. The Balaban J connectivity index is 2.91. The molecule has 0 radical (unpaired) electrons. The van der Waals surface area contributed by atoms with Crippen molar-refractivity contribution in [2.75, 3.05) is 0 Å². The van der Waals surface area contributed by atoms with Gasteiger partial charge in [-0.25, -0.2) is 4.98 Å². The van der Waals surface area contributed by atoms with Crippen LogP contribution in [0.5, 0.6) is 5.88 Å². The lowest BCUT2D eigenvalue weighted by Gasteiger charge is -2.08. The largest absolute Gasteiger partial charge is 0.475 e. The second-order valence-corrected chi connectivity index (χ2v) is 3.12. The Hall–Kier alpha value is -1.27. The molecule has 0 spiro atoms. The van der Waals surface area contributed by atoms with E-state index in [1.54, 1.807) is 12.1 Å². The second-order valence-electron chi connectivity index (χ2n) is 2.77. The summed E-state index contributed by atoms with van der Waals surface area (Å²) in [7, 11) is 0. The van der Waals surface area contributed by atoms with E-state index in [2.05, 4.69) is 4.98 Å². The Morgan fingerprint density at radius 3 is 2.69 bits per heavy atom. The van der Waals surface area contributed by atoms with Crippen LogP contribution in [0.1, 0.15) is 19.4 Å². The molecule has 13 heavy (non-hydrogen) atoms. The van der Waals surface area contributed by atoms with E-state index in [4.69, 9.17) is 21.6 Å². The van der Waals surface area contributed by atoms with Gasteiger partial charge in [-0.1, -0.05) is 11.6 Å². The Labute approximate surface area is 81.9 Å². The van der Waals surface area contributed by atoms with Crippen LogP contribution in [0.4, 0.5) is 0 Å². The molecule has 1 heterocycles. The summed E-state index contributed by atoms with van der Waals surface area (Å²) in [5, 5.41) is 8.76. The molecule has 3 nitrogen and oxygen atoms in total. The third-order valence-electron chi connectivity index (χ3n) is 1.30. The van der Waals surface area contributed by atoms with E-state index in [1.165, 1.54) is 0 Å². The van der Waals surface area contributed by atoms with E-state index < -0.39 is 0 Å². The summed E-state index contributed by atoms with van der Waals surface area (Å²) in [6.45, 7) is 3.79. The quantitative estimate of drug-likeness (QED) is 0.683. The summed E-state index contributed by atoms with van der Waals surface area (Å²) in [6, 6.07) is 5.15. The van der Waals surface area contributed by atoms with Gasteiger partial charge >= 0.3 is 0 Å². The smallest absolute Gasteiger partial charge is 0.214 e. The van der Waals surface area contributed by atoms with E-state index in [-0.39, 0.29) is 11.3 Å². The average Bonchev–Trinajstić information content (AvgIpc) is 2.03. The molecule has 0 aliphatic rings. The maximum Gasteiger partial charge on any atom is 0.214 e. The van der Waals surface area contributed by atoms with Crippen LogP contribution >= 0.6 is 11.6 Å². The minimum Gasteiger partial charge on any atom is -0.475 e. The number of hydrogen-bond donors (Lipinski definition) is 0. The van der Waals surface area contributed by atoms with E-state index >= 15 is 0 Å². The predicted molar refractivity (Wildman–Crippen MR) is 49.7 cm³/mol. The van der Waals surface area contributed by atoms with Gasteiger partial charge in [0.05, 0.1) is 11.7 Å². The molecule has 0 atom stereocenters. The fourth-order valence-electron chi connectivity index (χ4n) is 0.808. The van der Waals surface area contributed by atoms with Crippen molar-refractivity contribution in [2.24, 2.45) is 0 Å². The monoisotopic (exact) mass is 196 g/mol. The molecule has 4 heteroatoms. The predicted octanol–water partition coefficient (Wildman–Crippen LogP) is 2.39. The van der Waals surface area contributed by atoms with Crippen molar-refractivity contribution in [1.29, 1.82) is 5.26 Å². The summed E-state index contributed by atoms with van der Waals surface area (Å²) < 4.78 is 5.29. The summed E-state index contributed by atoms with van der Waals surface area (Å²) in [5.74, 6) is 0.444. The zero-order chi connectivity index (χ0) is 9.84. The van der Waals surface area contributed by atoms with Gasteiger partial charge < -0.3 is 4.74 Å². The first-order chi connectivity index (χ1) is 6.13. The number of halogens is 1. The molecule has 0 aliphatic carbocycles. The van der Waals surface area contributed by atoms with Gasteiger partial charge in [0.2, 0.25) is 5.88 Å². The normalized spacial score (nSPS) is 9.77. The minimum absolute atomic E-state index is 0.0523. The molecule has 0 saturated heterocycles. The highest BCUT2D eigenvalue weighted by molar-refractivity contribution is 6.30. The third kappa shape index (κ3) is 2.60. The second kappa shape index (κ2) is 4.11. The van der Waals surface area contributed by atoms with Crippen molar-refractivity contribution in [1.82, 2.24) is 4.98 Å². The highest BCUT2D eigenvalue weighted by Gasteiger charge is 2.04. The van der Waals surface area contributed by atoms with Gasteiger partial charge in [-0.3, -0.25) is 0 Å². The van der Waals surface area contributed by atoms with Crippen LogP contribution in [0.25, 0.3) is 0 Å². The topological polar surface area (TPSA) is 45.9 Å². The minimum atomic E-state index is 0.0523. The van der Waals surface area contributed by atoms with Gasteiger partial charge in [0, 0.05) is 6.07 Å². The fraction of sp³-hybridized carbons (Fsp3) is 0.333. The zero-order valence-electron chi connectivity index (χ0n) is 7.41. The Kier molecular flexibility index (Phi) is 3.10. The Morgan fingerprint density at radius 1 is 1.54 bits per heavy atom. The maximum absolute atomic E-state index is 8.58. The first kappa shape index (κ1) is 9.82. The van der Waals surface area contributed by atoms with Crippen molar-refractivity contribution in [3.05, 3.63) is 22.8 Å². The lowest BCUT2D eigenvalue weighted by Crippen LogP contribution is -2.06. The van der Waals surface area contributed by atoms with Crippen LogP contribution in [0.15, 0.2) is 12.1 Å². The molecule has 0 aromatic carbocycles. The first-order valence-corrected chi connectivity index (χ1v) is 4.24. The van der Waals surface area contributed by atoms with E-state index in [1.807, 2.05) is 19.9 Å². The van der Waals surface area contributed by atoms with Crippen LogP contribution in [-0.4, -0.2) is 11.1 Å². The molecule has 1 aromatic rings. The number of aromatic nitrogens is 1. The number of nitrogens with zero attached hydrogens (tertiary/aromatic N) is 2. The SMILES string of the molecule is CC(C)Oc1ccc(C#N)c(Cl)n1. The van der Waals surface area contributed by atoms with Gasteiger partial charge in [-0.2, -0.15) is 5.26 Å². The molecular formula is C9H9ClN2O. The molecule has 0 fully saturated rings. The molecule has 1 rings (SSSR count). The van der Waals surface area contributed by atoms with Crippen molar-refractivity contribution in [3.63, 3.8) is 0 Å². The van der Waals surface area contributed by atoms with Crippen LogP contribution in [0, 0.1) is 11.3 Å². The summed E-state index contributed by atoms with van der Waals surface area (Å²) in [4.78, 5) is 3.90. The van der Waals surface area contributed by atoms with E-state index in [9.17, 15) is 0 Å². The van der Waals surface area contributed by atoms with Crippen LogP contribution in [0.3, 0.4) is 0 Å². The Morgan fingerprint density at radius 2 is 2.23 bits per heavy atom. The van der Waals surface area contributed by atoms with Crippen molar-refractivity contribution in [3.8, 4) is 11.9 Å². The fourth-order valence-corrected chi connectivity index (χ4v) is 0.997. The number of nitriles is 1. The molecular weight excluding hydrogens is 188 g/mol. The van der Waals surface area contributed by atoms with Crippen molar-refractivity contribution in [2.45, 2.75) is 20.0 Å². The van der Waals surface area contributed by atoms with Crippen LogP contribution in [0.2, 0.25) is 5.15 Å². The average molecular weight is 197 g/mol. The maximum atomic E-state index is 8.58. The lowest BCUT2D eigenvalue weighted by molar-refractivity contribution is 0.232. The highest BCUT2D eigenvalue weighted by Crippen LogP contribution is 2.17. The molecule has 0 saturated carbocycles. The van der Waals surface area contributed by atoms with Crippen molar-refractivity contribution < 1.29 is 4.74 Å². The lowest BCUT2D eigenvalue weighted by atomic mass is 10.3. The summed E-state index contributed by atoms with van der Waals surface area (Å²) in [5.41, 5.74) is 0.359. The number of rotatable bonds is 2. The van der Waals surface area contributed by atoms with Crippen molar-refractivity contribution >= 4 is 11.6 Å². The number of ether oxygens (including phenoxy) is 1. The Bertz CT molecular complexity index is 344. The van der Waals surface area contributed by atoms with E-state index in [0.29, 0.717) is 11.4 Å². The summed E-state index contributed by atoms with van der Waals surface area (Å²) >= 11 is 5.70. The molecule has 0 amide bonds. The van der Waals surface area contributed by atoms with Gasteiger partial charge in [-0.05, 0) is 19.9 Å². The number of hydrogen-bond acceptors (Lipinski definition) is 3. The molecule has 0 unspecified atom stereocenters. The van der Waals surface area contributed by atoms with Crippen LogP contribution < -0.4 is 4.74 Å². The first-order valence-electron chi connectivity index (χ1n) is 3.87. The van der Waals surface area contributed by atoms with Gasteiger partial charge in [0.15, 0.2) is 5.15 Å². The molecule has 0 N–H and O–H groups in total. The number of pyridine rings is 1. The van der Waals surface area contributed by atoms with Gasteiger partial charge in [-0.15, -0.1) is 0 Å². The third-order valence-corrected chi connectivity index (χ3v) is 1.59. The summed E-state index contributed by atoms with van der Waals surface area (Å²) in [6.07, 6.45) is 0.0523. The van der Waals surface area contributed by atoms with E-state index in [0.717, 1.165) is 0 Å². The molecule has 68 valence electrons. The zero-order valence-corrected chi connectivity index (χ0v) is 8.17. The molecule has 0 bridgehead atoms. The standard InChI is InChI=1S/C9H9ClN2O/c1-6(2)13-8-4-3-7(5-11)9(10)12-8/h3-4,6H,1-2H3. The molecule has 1 aromatic heterocycles. The highest BCUT2D eigenvalue weighted by atomic mass is 35.5. The van der Waals surface area contributed by atoms with Gasteiger partial charge in [0.25, 0.3) is 0 Å². The van der Waals surface area contributed by atoms with Crippen LogP contribution in [-0.2, 0) is 0 Å².